The van der Waals surface area contributed by atoms with Crippen LogP contribution in [0.4, 0.5) is 0 Å². The number of pyridine rings is 1. The molecule has 0 unspecified atom stereocenters. The maximum atomic E-state index is 13.2. The number of rotatable bonds is 6. The van der Waals surface area contributed by atoms with E-state index in [4.69, 9.17) is 28.9 Å². The maximum absolute atomic E-state index is 13.2. The Morgan fingerprint density at radius 3 is 2.52 bits per heavy atom. The zero-order valence-corrected chi connectivity index (χ0v) is 19.1. The minimum absolute atomic E-state index is 0.0450. The van der Waals surface area contributed by atoms with Crippen molar-refractivity contribution in [3.05, 3.63) is 70.6 Å². The fourth-order valence-electron chi connectivity index (χ4n) is 3.57. The summed E-state index contributed by atoms with van der Waals surface area (Å²) in [6.07, 6.45) is 4.06. The topological polar surface area (TPSA) is 146 Å². The number of aromatic amines is 1. The molecule has 0 radical (unpaired) electrons. The molecule has 0 aliphatic heterocycles. The molecule has 0 saturated carbocycles. The Kier molecular flexibility index (Phi) is 6.06. The number of carboxylic acid groups (broad SMARTS) is 1. The van der Waals surface area contributed by atoms with E-state index in [-0.39, 0.29) is 32.0 Å². The van der Waals surface area contributed by atoms with E-state index < -0.39 is 21.8 Å². The van der Waals surface area contributed by atoms with Crippen LogP contribution in [0.5, 0.6) is 5.75 Å². The Balaban J connectivity index is 1.93. The van der Waals surface area contributed by atoms with Crippen LogP contribution in [0.15, 0.2) is 64.8 Å². The Labute approximate surface area is 198 Å². The Hall–Kier alpha value is -3.11. The predicted octanol–water partition coefficient (Wildman–Crippen LogP) is 4.03. The highest BCUT2D eigenvalue weighted by Crippen LogP contribution is 2.43. The lowest BCUT2D eigenvalue weighted by molar-refractivity contribution is -0.138. The van der Waals surface area contributed by atoms with E-state index in [9.17, 15) is 23.4 Å². The van der Waals surface area contributed by atoms with Gasteiger partial charge in [-0.05, 0) is 47.9 Å². The lowest BCUT2D eigenvalue weighted by atomic mass is 9.94. The second-order valence-corrected chi connectivity index (χ2v) is 10.0. The molecule has 5 N–H and O–H groups in total. The van der Waals surface area contributed by atoms with E-state index in [2.05, 4.69) is 9.97 Å². The molecular formula is C22H17Cl2N3O5S. The average molecular weight is 506 g/mol. The van der Waals surface area contributed by atoms with Gasteiger partial charge in [0.1, 0.15) is 6.04 Å². The zero-order valence-electron chi connectivity index (χ0n) is 16.8. The van der Waals surface area contributed by atoms with Crippen LogP contribution in [0.1, 0.15) is 5.56 Å². The molecule has 1 atom stereocenters. The van der Waals surface area contributed by atoms with Crippen molar-refractivity contribution in [2.75, 3.05) is 0 Å². The van der Waals surface area contributed by atoms with E-state index >= 15 is 0 Å². The van der Waals surface area contributed by atoms with Crippen LogP contribution in [0.3, 0.4) is 0 Å². The first kappa shape index (κ1) is 23.1. The van der Waals surface area contributed by atoms with Crippen molar-refractivity contribution in [1.29, 1.82) is 0 Å². The van der Waals surface area contributed by atoms with Gasteiger partial charge in [-0.15, -0.1) is 0 Å². The second-order valence-electron chi connectivity index (χ2n) is 7.30. The number of fused-ring (bicyclic) bond motifs is 1. The lowest BCUT2D eigenvalue weighted by Gasteiger charge is -2.16. The quantitative estimate of drug-likeness (QED) is 0.309. The van der Waals surface area contributed by atoms with Crippen LogP contribution >= 0.6 is 23.2 Å². The van der Waals surface area contributed by atoms with Crippen molar-refractivity contribution in [1.82, 2.24) is 9.97 Å². The van der Waals surface area contributed by atoms with Gasteiger partial charge < -0.3 is 20.9 Å². The van der Waals surface area contributed by atoms with E-state index in [1.807, 2.05) is 0 Å². The minimum atomic E-state index is -3.86. The standard InChI is InChI=1S/C22H17Cl2N3O5S/c23-15-8-12(9-16(25)22(29)30)19(20(24)21(15)28)11-1-2-17-14(7-11)18(10-27-17)33(31,32)13-3-5-26-6-4-13/h1-8,10,16,27-28H,9,25H2,(H,29,30)/t16-/m0/s1. The third-order valence-electron chi connectivity index (χ3n) is 5.21. The number of H-pyrrole nitrogens is 1. The summed E-state index contributed by atoms with van der Waals surface area (Å²) in [4.78, 5) is 18.2. The number of nitrogens with zero attached hydrogens (tertiary/aromatic N) is 1. The number of halogens is 2. The van der Waals surface area contributed by atoms with Gasteiger partial charge >= 0.3 is 5.97 Å². The summed E-state index contributed by atoms with van der Waals surface area (Å²) in [6, 6.07) is 7.90. The molecule has 0 fully saturated rings. The van der Waals surface area contributed by atoms with E-state index in [1.54, 1.807) is 18.2 Å². The summed E-state index contributed by atoms with van der Waals surface area (Å²) in [7, 11) is -3.86. The number of carbonyl (C=O) groups is 1. The molecule has 2 aromatic carbocycles. The first-order chi connectivity index (χ1) is 15.6. The molecule has 0 bridgehead atoms. The summed E-state index contributed by atoms with van der Waals surface area (Å²) < 4.78 is 26.4. The van der Waals surface area contributed by atoms with Crippen LogP contribution in [0.2, 0.25) is 10.0 Å². The largest absolute Gasteiger partial charge is 0.505 e. The van der Waals surface area contributed by atoms with Gasteiger partial charge in [-0.2, -0.15) is 0 Å². The number of hydrogen-bond donors (Lipinski definition) is 4. The highest BCUT2D eigenvalue weighted by Gasteiger charge is 2.24. The number of aliphatic carboxylic acids is 1. The van der Waals surface area contributed by atoms with Crippen molar-refractivity contribution in [3.8, 4) is 16.9 Å². The fourth-order valence-corrected chi connectivity index (χ4v) is 5.59. The molecular weight excluding hydrogens is 489 g/mol. The molecule has 170 valence electrons. The first-order valence-corrected chi connectivity index (χ1v) is 11.8. The van der Waals surface area contributed by atoms with Gasteiger partial charge in [0.2, 0.25) is 9.84 Å². The van der Waals surface area contributed by atoms with Crippen molar-refractivity contribution in [2.45, 2.75) is 22.3 Å². The van der Waals surface area contributed by atoms with E-state index in [0.717, 1.165) is 0 Å². The molecule has 33 heavy (non-hydrogen) atoms. The smallest absolute Gasteiger partial charge is 0.320 e. The number of benzene rings is 2. The van der Waals surface area contributed by atoms with Crippen LogP contribution in [-0.2, 0) is 21.1 Å². The maximum Gasteiger partial charge on any atom is 0.320 e. The molecule has 0 aliphatic carbocycles. The van der Waals surface area contributed by atoms with Gasteiger partial charge in [0.05, 0.1) is 19.8 Å². The van der Waals surface area contributed by atoms with Crippen LogP contribution in [-0.4, -0.2) is 40.6 Å². The van der Waals surface area contributed by atoms with Crippen LogP contribution < -0.4 is 5.73 Å². The molecule has 0 aliphatic rings. The highest BCUT2D eigenvalue weighted by atomic mass is 35.5. The second kappa shape index (κ2) is 8.68. The summed E-state index contributed by atoms with van der Waals surface area (Å²) in [5.74, 6) is -1.59. The number of sulfone groups is 1. The predicted molar refractivity (Wildman–Crippen MR) is 124 cm³/mol. The first-order valence-electron chi connectivity index (χ1n) is 9.56. The number of carboxylic acids is 1. The summed E-state index contributed by atoms with van der Waals surface area (Å²) in [5, 5.41) is 19.8. The van der Waals surface area contributed by atoms with Gasteiger partial charge in [-0.25, -0.2) is 8.42 Å². The van der Waals surface area contributed by atoms with E-state index in [0.29, 0.717) is 27.6 Å². The van der Waals surface area contributed by atoms with Gasteiger partial charge in [-0.3, -0.25) is 9.78 Å². The Morgan fingerprint density at radius 2 is 1.85 bits per heavy atom. The average Bonchev–Trinajstić information content (AvgIpc) is 3.22. The molecule has 2 heterocycles. The van der Waals surface area contributed by atoms with Crippen molar-refractivity contribution in [3.63, 3.8) is 0 Å². The number of phenolic OH excluding ortho intramolecular Hbond substituents is 1. The van der Waals surface area contributed by atoms with Gasteiger partial charge in [0, 0.05) is 35.1 Å². The van der Waals surface area contributed by atoms with Crippen molar-refractivity contribution >= 4 is 49.9 Å². The third kappa shape index (κ3) is 4.16. The van der Waals surface area contributed by atoms with Crippen LogP contribution in [0, 0.1) is 0 Å². The van der Waals surface area contributed by atoms with Crippen molar-refractivity contribution in [2.24, 2.45) is 5.73 Å². The molecule has 0 saturated heterocycles. The SMILES string of the molecule is N[C@@H](Cc1cc(Cl)c(O)c(Cl)c1-c1ccc2[nH]cc(S(=O)(=O)c3ccncc3)c2c1)C(=O)O. The van der Waals surface area contributed by atoms with Gasteiger partial charge in [-0.1, -0.05) is 29.3 Å². The minimum Gasteiger partial charge on any atom is -0.505 e. The number of aromatic hydroxyl groups is 1. The normalized spacial score (nSPS) is 12.7. The monoisotopic (exact) mass is 505 g/mol. The Bertz CT molecular complexity index is 1490. The summed E-state index contributed by atoms with van der Waals surface area (Å²) in [6.45, 7) is 0. The molecule has 0 amide bonds. The zero-order chi connectivity index (χ0) is 23.9. The Morgan fingerprint density at radius 1 is 1.15 bits per heavy atom. The fraction of sp³-hybridized carbons (Fsp3) is 0.0909. The number of aromatic nitrogens is 2. The molecule has 4 aromatic rings. The molecule has 0 spiro atoms. The van der Waals surface area contributed by atoms with Crippen LogP contribution in [0.25, 0.3) is 22.0 Å². The number of hydrogen-bond acceptors (Lipinski definition) is 6. The van der Waals surface area contributed by atoms with Gasteiger partial charge in [0.15, 0.2) is 5.75 Å². The highest BCUT2D eigenvalue weighted by molar-refractivity contribution is 7.91. The molecule has 11 heteroatoms. The number of phenols is 1. The number of nitrogens with one attached hydrogen (secondary N) is 1. The molecule has 2 aromatic heterocycles. The molecule has 4 rings (SSSR count). The third-order valence-corrected chi connectivity index (χ3v) is 7.68. The summed E-state index contributed by atoms with van der Waals surface area (Å²) >= 11 is 12.5. The number of nitrogens with two attached hydrogens (primary N) is 1. The van der Waals surface area contributed by atoms with Gasteiger partial charge in [0.25, 0.3) is 0 Å². The lowest BCUT2D eigenvalue weighted by Crippen LogP contribution is -2.32. The van der Waals surface area contributed by atoms with Crippen molar-refractivity contribution < 1.29 is 23.4 Å². The summed E-state index contributed by atoms with van der Waals surface area (Å²) in [5.41, 5.74) is 7.44. The molecule has 8 nitrogen and oxygen atoms in total. The van der Waals surface area contributed by atoms with E-state index in [1.165, 1.54) is 36.8 Å².